The SMILES string of the molecule is CCCC[C@H](NC(=O)[C@@H]1CCCN1C(=O)CNC(=O)[C@H](CCCCN)NC(=O)[C@H](Cc1cnc[nH]1)NC(=O)[C@H](CO)NC(=O)[C@H](CC(C)C)NC(=O)[C@H](CCCN=C(N)N)NC(=O)[C@@H]1CCCN1C(=O)[C@H](CCCN=C(N)N)NC(=O)[C@@H]1CCC(=O)N1)C(=O)N1CCC[C@H]1C(=O)N[C@H](Cc1cc(C2CCCC2)c(O)c(C2CCCC2)c1)C(=O)O. The number of aromatic hydroxyl groups is 1. The number of amides is 13. The number of nitrogens with two attached hydrogens (primary N) is 5. The number of unbranched alkanes of at least 4 members (excludes halogenated alkanes) is 2. The number of nitrogens with zero attached hydrogens (tertiary/aromatic N) is 6. The molecule has 12 atom stereocenters. The molecule has 1 aromatic heterocycles. The summed E-state index contributed by atoms with van der Waals surface area (Å²) in [6.07, 6.45) is 14.6. The van der Waals surface area contributed by atoms with Gasteiger partial charge in [-0.25, -0.2) is 9.78 Å². The van der Waals surface area contributed by atoms with Gasteiger partial charge in [-0.15, -0.1) is 0 Å². The summed E-state index contributed by atoms with van der Waals surface area (Å²) in [4.78, 5) is 216. The number of hydrogen-bond donors (Lipinski definition) is 19. The average Bonchev–Trinajstić information content (AvgIpc) is 1.62. The molecule has 6 fully saturated rings. The summed E-state index contributed by atoms with van der Waals surface area (Å²) in [5.41, 5.74) is 30.7. The van der Waals surface area contributed by atoms with E-state index in [9.17, 15) is 82.4 Å². The van der Waals surface area contributed by atoms with Gasteiger partial charge < -0.3 is 117 Å². The number of phenols is 1. The van der Waals surface area contributed by atoms with Crippen LogP contribution in [0.5, 0.6) is 5.75 Å². The number of imidazole rings is 1. The molecule has 2 saturated carbocycles. The Hall–Kier alpha value is -10.7. The Morgan fingerprint density at radius 1 is 0.538 bits per heavy atom. The molecule has 5 heterocycles. The van der Waals surface area contributed by atoms with Crippen LogP contribution in [0.3, 0.4) is 0 Å². The van der Waals surface area contributed by atoms with Crippen molar-refractivity contribution < 1.29 is 82.4 Å². The number of likely N-dealkylation sites (tertiary alicyclic amines) is 3. The number of aromatic amines is 1. The minimum absolute atomic E-state index is 0.00977. The largest absolute Gasteiger partial charge is 0.507 e. The highest BCUT2D eigenvalue weighted by atomic mass is 16.4. The number of aliphatic carboxylic acids is 1. The Balaban J connectivity index is 0.889. The normalized spacial score (nSPS) is 20.0. The number of aliphatic hydroxyl groups is 1. The summed E-state index contributed by atoms with van der Waals surface area (Å²) in [6, 6.07) is -11.5. The van der Waals surface area contributed by atoms with Gasteiger partial charge in [0.1, 0.15) is 78.3 Å². The second-order valence-corrected chi connectivity index (χ2v) is 32.5. The maximum absolute atomic E-state index is 14.7. The van der Waals surface area contributed by atoms with Crippen molar-refractivity contribution in [1.82, 2.24) is 77.8 Å². The number of carbonyl (C=O) groups is 14. The molecule has 0 unspecified atom stereocenters. The van der Waals surface area contributed by atoms with Gasteiger partial charge >= 0.3 is 5.97 Å². The predicted molar refractivity (Wildman–Crippen MR) is 437 cm³/mol. The monoisotopic (exact) mass is 1670 g/mol. The number of carbonyl (C=O) groups excluding carboxylic acids is 13. The van der Waals surface area contributed by atoms with Crippen LogP contribution in [0.2, 0.25) is 0 Å². The zero-order chi connectivity index (χ0) is 86.4. The summed E-state index contributed by atoms with van der Waals surface area (Å²) < 4.78 is 0. The van der Waals surface area contributed by atoms with Gasteiger partial charge in [-0.05, 0) is 169 Å². The summed E-state index contributed by atoms with van der Waals surface area (Å²) in [6.45, 7) is 4.47. The molecule has 39 heteroatoms. The zero-order valence-electron chi connectivity index (χ0n) is 68.8. The van der Waals surface area contributed by atoms with E-state index >= 15 is 0 Å². The Kier molecular flexibility index (Phi) is 36.7. The van der Waals surface area contributed by atoms with Crippen molar-refractivity contribution in [2.45, 2.75) is 291 Å². The van der Waals surface area contributed by atoms with E-state index in [1.807, 2.05) is 19.1 Å². The van der Waals surface area contributed by atoms with Crippen LogP contribution in [0.1, 0.15) is 228 Å². The van der Waals surface area contributed by atoms with Gasteiger partial charge in [0.05, 0.1) is 19.5 Å². The first-order chi connectivity index (χ1) is 57.0. The Labute approximate surface area is 693 Å². The molecule has 658 valence electrons. The maximum atomic E-state index is 14.7. The van der Waals surface area contributed by atoms with Crippen LogP contribution >= 0.6 is 0 Å². The molecule has 2 aromatic rings. The van der Waals surface area contributed by atoms with E-state index in [2.05, 4.69) is 73.1 Å². The first-order valence-electron chi connectivity index (χ1n) is 42.4. The lowest BCUT2D eigenvalue weighted by atomic mass is 9.86. The van der Waals surface area contributed by atoms with Crippen LogP contribution in [0.4, 0.5) is 0 Å². The number of phenolic OH excluding ortho intramolecular Hbond substituents is 1. The summed E-state index contributed by atoms with van der Waals surface area (Å²) in [7, 11) is 0. The van der Waals surface area contributed by atoms with E-state index in [1.165, 1.54) is 27.2 Å². The van der Waals surface area contributed by atoms with Gasteiger partial charge in [-0.1, -0.05) is 71.4 Å². The van der Waals surface area contributed by atoms with E-state index < -0.39 is 163 Å². The number of H-pyrrole nitrogens is 1. The molecular weight excluding hydrogens is 1540 g/mol. The Bertz CT molecular complexity index is 3860. The van der Waals surface area contributed by atoms with Crippen molar-refractivity contribution in [3.63, 3.8) is 0 Å². The van der Waals surface area contributed by atoms with E-state index in [0.29, 0.717) is 56.2 Å². The third-order valence-electron chi connectivity index (χ3n) is 23.1. The van der Waals surface area contributed by atoms with Crippen molar-refractivity contribution in [2.24, 2.45) is 44.6 Å². The predicted octanol–water partition coefficient (Wildman–Crippen LogP) is -1.99. The van der Waals surface area contributed by atoms with Gasteiger partial charge in [-0.2, -0.15) is 0 Å². The highest BCUT2D eigenvalue weighted by Gasteiger charge is 2.44. The number of aromatic nitrogens is 2. The Morgan fingerprint density at radius 3 is 1.50 bits per heavy atom. The lowest BCUT2D eigenvalue weighted by Crippen LogP contribution is -2.61. The number of benzene rings is 1. The van der Waals surface area contributed by atoms with Crippen molar-refractivity contribution in [2.75, 3.05) is 52.4 Å². The second kappa shape index (κ2) is 46.6. The molecule has 24 N–H and O–H groups in total. The van der Waals surface area contributed by atoms with Gasteiger partial charge in [-0.3, -0.25) is 72.3 Å². The van der Waals surface area contributed by atoms with Crippen LogP contribution in [0.25, 0.3) is 0 Å². The van der Waals surface area contributed by atoms with Gasteiger partial charge in [0.15, 0.2) is 11.9 Å². The molecule has 0 radical (unpaired) electrons. The molecule has 1 aromatic carbocycles. The minimum Gasteiger partial charge on any atom is -0.507 e. The summed E-state index contributed by atoms with van der Waals surface area (Å²) >= 11 is 0. The highest BCUT2D eigenvalue weighted by molar-refractivity contribution is 6.00. The number of rotatable bonds is 46. The molecular formula is C80H126N22O17. The maximum Gasteiger partial charge on any atom is 0.326 e. The van der Waals surface area contributed by atoms with Crippen LogP contribution < -0.4 is 81.8 Å². The van der Waals surface area contributed by atoms with Crippen molar-refractivity contribution in [3.8, 4) is 5.75 Å². The topological polar surface area (TPSA) is 613 Å². The van der Waals surface area contributed by atoms with Crippen molar-refractivity contribution >= 4 is 94.7 Å². The fraction of sp³-hybridized carbons (Fsp3) is 0.688. The third kappa shape index (κ3) is 27.7. The number of aliphatic hydroxyl groups excluding tert-OH is 1. The first-order valence-corrected chi connectivity index (χ1v) is 42.4. The molecule has 0 spiro atoms. The molecule has 13 amide bonds. The van der Waals surface area contributed by atoms with E-state index in [-0.39, 0.29) is 170 Å². The molecule has 4 aliphatic heterocycles. The van der Waals surface area contributed by atoms with E-state index in [0.717, 1.165) is 62.5 Å². The second-order valence-electron chi connectivity index (χ2n) is 32.5. The summed E-state index contributed by atoms with van der Waals surface area (Å²) in [5, 5.41) is 59.6. The smallest absolute Gasteiger partial charge is 0.326 e. The third-order valence-corrected chi connectivity index (χ3v) is 23.1. The molecule has 6 aliphatic rings. The fourth-order valence-electron chi connectivity index (χ4n) is 16.8. The number of carboxylic acid groups (broad SMARTS) is 1. The Morgan fingerprint density at radius 2 is 1.00 bits per heavy atom. The minimum atomic E-state index is -1.78. The van der Waals surface area contributed by atoms with Gasteiger partial charge in [0.2, 0.25) is 76.8 Å². The lowest BCUT2D eigenvalue weighted by Gasteiger charge is -2.31. The van der Waals surface area contributed by atoms with Crippen molar-refractivity contribution in [3.05, 3.63) is 47.0 Å². The van der Waals surface area contributed by atoms with Gasteiger partial charge in [0, 0.05) is 63.9 Å². The van der Waals surface area contributed by atoms with Crippen LogP contribution in [-0.2, 0) is 80.0 Å². The molecule has 8 rings (SSSR count). The van der Waals surface area contributed by atoms with E-state index in [1.54, 1.807) is 13.8 Å². The number of guanidine groups is 2. The number of carboxylic acids is 1. The quantitative estimate of drug-likeness (QED) is 0.0194. The summed E-state index contributed by atoms with van der Waals surface area (Å²) in [5.74, 6) is -10.8. The number of hydrogen-bond acceptors (Lipinski definition) is 20. The molecule has 2 aliphatic carbocycles. The van der Waals surface area contributed by atoms with E-state index in [4.69, 9.17) is 28.7 Å². The molecule has 119 heavy (non-hydrogen) atoms. The van der Waals surface area contributed by atoms with Crippen LogP contribution in [-0.4, -0.2) is 260 Å². The van der Waals surface area contributed by atoms with Gasteiger partial charge in [0.25, 0.3) is 0 Å². The average molecular weight is 1670 g/mol. The highest BCUT2D eigenvalue weighted by Crippen LogP contribution is 2.46. The van der Waals surface area contributed by atoms with Crippen LogP contribution in [0.15, 0.2) is 34.6 Å². The lowest BCUT2D eigenvalue weighted by molar-refractivity contribution is -0.145. The zero-order valence-corrected chi connectivity index (χ0v) is 68.8. The molecule has 0 bridgehead atoms. The fourth-order valence-corrected chi connectivity index (χ4v) is 16.8. The molecule has 4 saturated heterocycles. The standard InChI is InChI=1S/C80H126N22O17/c1-4-5-21-55(76(116)102-35-16-27-63(102)75(115)98-59(78(118)119)39-46-37-50(47-17-6-7-18-47)66(106)51(38-46)48-19-8-9-20-48)95-73(113)61-25-14-33-100(61)65(105)42-89-67(107)52(22-10-11-30-81)92-71(111)58(40-49-41-86-44-90-49)97-72(112)60(43-103)99-70(110)57(36-45(2)3)96-68(108)53(23-12-31-87-79(82)83)93-74(114)62-26-15-34-101(62)77(117)56(24-13-32-88-80(84)85)94-69(109)54-28-29-64(104)91-54/h37-38,41,44-45,47-48,52-63,103,106H,4-36,39-40,42-43,81H2,1-3H3,(H,86,90)(H,89,107)(H,91,104)(H,92,111)(H,93,114)(H,94,109)(H,95,113)(H,96,108)(H,97,112)(H,98,115)(H,99,110)(H,118,119)(H4,82,83,87)(H4,84,85,88)/t52-,53-,54-,55-,56-,57-,58-,59+,60-,61-,62-,63-/m0/s1. The van der Waals surface area contributed by atoms with Crippen LogP contribution in [0, 0.1) is 5.92 Å². The number of aliphatic imine (C=N–C) groups is 2. The van der Waals surface area contributed by atoms with Crippen molar-refractivity contribution in [1.29, 1.82) is 0 Å². The first kappa shape index (κ1) is 93.8. The molecule has 39 nitrogen and oxygen atoms in total. The number of nitrogens with one attached hydrogen (secondary N) is 11.